The lowest BCUT2D eigenvalue weighted by Crippen LogP contribution is -2.23. The van der Waals surface area contributed by atoms with E-state index >= 15 is 0 Å². The summed E-state index contributed by atoms with van der Waals surface area (Å²) in [5.74, 6) is 0.613. The molecule has 0 saturated carbocycles. The normalized spacial score (nSPS) is 12.3. The number of nitrogens with zero attached hydrogens (tertiary/aromatic N) is 3. The van der Waals surface area contributed by atoms with Crippen LogP contribution in [-0.4, -0.2) is 14.6 Å². The van der Waals surface area contributed by atoms with E-state index in [1.165, 1.54) is 16.9 Å². The lowest BCUT2D eigenvalue weighted by atomic mass is 10.1. The molecule has 23 heavy (non-hydrogen) atoms. The van der Waals surface area contributed by atoms with Gasteiger partial charge in [-0.05, 0) is 42.5 Å². The Morgan fingerprint density at radius 2 is 1.91 bits per heavy atom. The quantitative estimate of drug-likeness (QED) is 0.564. The van der Waals surface area contributed by atoms with Crippen LogP contribution >= 0.6 is 22.7 Å². The van der Waals surface area contributed by atoms with E-state index < -0.39 is 0 Å². The Morgan fingerprint density at radius 1 is 1.09 bits per heavy atom. The fourth-order valence-electron chi connectivity index (χ4n) is 2.51. The molecule has 4 nitrogen and oxygen atoms in total. The second-order valence-electron chi connectivity index (χ2n) is 5.34. The predicted molar refractivity (Wildman–Crippen MR) is 95.1 cm³/mol. The van der Waals surface area contributed by atoms with Crippen LogP contribution in [0, 0.1) is 13.8 Å². The molecule has 0 N–H and O–H groups in total. The summed E-state index contributed by atoms with van der Waals surface area (Å²) < 4.78 is 2.30. The van der Waals surface area contributed by atoms with Gasteiger partial charge in [-0.15, -0.1) is 21.5 Å². The van der Waals surface area contributed by atoms with Crippen LogP contribution in [-0.2, 0) is 0 Å². The zero-order chi connectivity index (χ0) is 16.0. The highest BCUT2D eigenvalue weighted by molar-refractivity contribution is 7.15. The maximum atomic E-state index is 12.8. The third kappa shape index (κ3) is 2.31. The molecule has 0 unspecified atom stereocenters. The first kappa shape index (κ1) is 14.3. The van der Waals surface area contributed by atoms with Gasteiger partial charge in [0.1, 0.15) is 0 Å². The average molecular weight is 339 g/mol. The van der Waals surface area contributed by atoms with Crippen molar-refractivity contribution in [3.8, 4) is 11.4 Å². The van der Waals surface area contributed by atoms with Crippen LogP contribution in [0.4, 0.5) is 0 Å². The minimum atomic E-state index is -0.0546. The SMILES string of the molecule is Cc1ccccc1-c1nnc2s/c(=C\c3sccc3C)c(=O)n12. The molecule has 0 aliphatic heterocycles. The number of fused-ring (bicyclic) bond motifs is 1. The molecule has 114 valence electrons. The Kier molecular flexibility index (Phi) is 3.36. The molecule has 6 heteroatoms. The van der Waals surface area contributed by atoms with E-state index in [1.807, 2.05) is 49.6 Å². The van der Waals surface area contributed by atoms with Crippen molar-refractivity contribution < 1.29 is 0 Å². The first-order valence-corrected chi connectivity index (χ1v) is 8.84. The van der Waals surface area contributed by atoms with E-state index in [0.29, 0.717) is 15.3 Å². The smallest absolute Gasteiger partial charge is 0.267 e. The number of hydrogen-bond acceptors (Lipinski definition) is 5. The number of hydrogen-bond donors (Lipinski definition) is 0. The highest BCUT2D eigenvalue weighted by atomic mass is 32.1. The maximum absolute atomic E-state index is 12.8. The van der Waals surface area contributed by atoms with Crippen LogP contribution in [0.1, 0.15) is 16.0 Å². The molecule has 0 amide bonds. The van der Waals surface area contributed by atoms with Gasteiger partial charge in [-0.1, -0.05) is 35.6 Å². The first-order valence-electron chi connectivity index (χ1n) is 7.15. The molecule has 4 aromatic rings. The van der Waals surface area contributed by atoms with Crippen molar-refractivity contribution >= 4 is 33.7 Å². The molecule has 0 atom stereocenters. The number of aryl methyl sites for hydroxylation is 2. The highest BCUT2D eigenvalue weighted by Gasteiger charge is 2.15. The molecule has 0 radical (unpaired) electrons. The summed E-state index contributed by atoms with van der Waals surface area (Å²) >= 11 is 3.02. The van der Waals surface area contributed by atoms with Gasteiger partial charge in [0.2, 0.25) is 4.96 Å². The van der Waals surface area contributed by atoms with Crippen molar-refractivity contribution in [3.63, 3.8) is 0 Å². The number of benzene rings is 1. The Bertz CT molecular complexity index is 1120. The lowest BCUT2D eigenvalue weighted by Gasteiger charge is -2.00. The minimum Gasteiger partial charge on any atom is -0.267 e. The van der Waals surface area contributed by atoms with Crippen LogP contribution in [0.2, 0.25) is 0 Å². The molecule has 1 aromatic carbocycles. The highest BCUT2D eigenvalue weighted by Crippen LogP contribution is 2.21. The molecule has 4 rings (SSSR count). The summed E-state index contributed by atoms with van der Waals surface area (Å²) in [5, 5.41) is 10.4. The van der Waals surface area contributed by atoms with E-state index in [2.05, 4.69) is 16.3 Å². The van der Waals surface area contributed by atoms with E-state index in [-0.39, 0.29) is 5.56 Å². The van der Waals surface area contributed by atoms with Gasteiger partial charge in [-0.3, -0.25) is 4.79 Å². The van der Waals surface area contributed by atoms with Crippen LogP contribution in [0.25, 0.3) is 22.4 Å². The van der Waals surface area contributed by atoms with Gasteiger partial charge >= 0.3 is 0 Å². The van der Waals surface area contributed by atoms with E-state index in [9.17, 15) is 4.79 Å². The van der Waals surface area contributed by atoms with Gasteiger partial charge in [0, 0.05) is 10.4 Å². The van der Waals surface area contributed by atoms with Crippen molar-refractivity contribution in [3.05, 3.63) is 66.6 Å². The second kappa shape index (κ2) is 5.40. The Labute approximate surface area is 140 Å². The average Bonchev–Trinajstić information content (AvgIpc) is 3.20. The van der Waals surface area contributed by atoms with Crippen LogP contribution < -0.4 is 10.1 Å². The zero-order valence-corrected chi connectivity index (χ0v) is 14.2. The van der Waals surface area contributed by atoms with Crippen LogP contribution in [0.5, 0.6) is 0 Å². The van der Waals surface area contributed by atoms with E-state index in [0.717, 1.165) is 16.0 Å². The molecular weight excluding hydrogens is 326 g/mol. The van der Waals surface area contributed by atoms with Crippen molar-refractivity contribution in [2.24, 2.45) is 0 Å². The zero-order valence-electron chi connectivity index (χ0n) is 12.6. The Balaban J connectivity index is 1.98. The molecule has 0 aliphatic rings. The van der Waals surface area contributed by atoms with E-state index in [4.69, 9.17) is 0 Å². The van der Waals surface area contributed by atoms with Gasteiger partial charge in [-0.2, -0.15) is 0 Å². The van der Waals surface area contributed by atoms with E-state index in [1.54, 1.807) is 15.7 Å². The van der Waals surface area contributed by atoms with Gasteiger partial charge in [0.15, 0.2) is 5.82 Å². The maximum Gasteiger partial charge on any atom is 0.276 e. The fourth-order valence-corrected chi connectivity index (χ4v) is 4.34. The van der Waals surface area contributed by atoms with Crippen molar-refractivity contribution in [1.29, 1.82) is 0 Å². The molecular formula is C17H13N3OS2. The summed E-state index contributed by atoms with van der Waals surface area (Å²) in [6.07, 6.45) is 1.95. The summed E-state index contributed by atoms with van der Waals surface area (Å²) in [4.78, 5) is 14.5. The van der Waals surface area contributed by atoms with Crippen molar-refractivity contribution in [1.82, 2.24) is 14.6 Å². The summed E-state index contributed by atoms with van der Waals surface area (Å²) in [6, 6.07) is 9.95. The van der Waals surface area contributed by atoms with Gasteiger partial charge in [-0.25, -0.2) is 4.40 Å². The molecule has 0 bridgehead atoms. The standard InChI is InChI=1S/C17H13N3OS2/c1-10-5-3-4-6-12(10)15-18-19-17-20(15)16(21)14(23-17)9-13-11(2)7-8-22-13/h3-9H,1-2H3/b14-9-. The largest absolute Gasteiger partial charge is 0.276 e. The van der Waals surface area contributed by atoms with Crippen molar-refractivity contribution in [2.45, 2.75) is 13.8 Å². The van der Waals surface area contributed by atoms with Crippen LogP contribution in [0.15, 0.2) is 40.5 Å². The van der Waals surface area contributed by atoms with Crippen LogP contribution in [0.3, 0.4) is 0 Å². The number of aromatic nitrogens is 3. The number of thiophene rings is 1. The summed E-state index contributed by atoms with van der Waals surface area (Å²) in [5.41, 5.74) is 3.14. The van der Waals surface area contributed by atoms with Gasteiger partial charge in [0.25, 0.3) is 5.56 Å². The molecule has 3 aromatic heterocycles. The van der Waals surface area contributed by atoms with Crippen molar-refractivity contribution in [2.75, 3.05) is 0 Å². The molecule has 0 aliphatic carbocycles. The molecule has 0 saturated heterocycles. The summed E-state index contributed by atoms with van der Waals surface area (Å²) in [7, 11) is 0. The third-order valence-electron chi connectivity index (χ3n) is 3.80. The second-order valence-corrected chi connectivity index (χ2v) is 7.30. The monoisotopic (exact) mass is 339 g/mol. The molecule has 0 spiro atoms. The fraction of sp³-hybridized carbons (Fsp3) is 0.118. The minimum absolute atomic E-state index is 0.0546. The number of thiazole rings is 1. The van der Waals surface area contributed by atoms with Gasteiger partial charge in [0.05, 0.1) is 4.53 Å². The molecule has 0 fully saturated rings. The topological polar surface area (TPSA) is 47.3 Å². The first-order chi connectivity index (χ1) is 11.1. The molecule has 3 heterocycles. The predicted octanol–water partition coefficient (Wildman–Crippen LogP) is 3.04. The third-order valence-corrected chi connectivity index (χ3v) is 5.72. The number of rotatable bonds is 2. The Morgan fingerprint density at radius 3 is 2.65 bits per heavy atom. The summed E-state index contributed by atoms with van der Waals surface area (Å²) in [6.45, 7) is 4.06. The lowest BCUT2D eigenvalue weighted by molar-refractivity contribution is 1.09. The van der Waals surface area contributed by atoms with Gasteiger partial charge < -0.3 is 0 Å². The Hall–Kier alpha value is -2.31.